The van der Waals surface area contributed by atoms with Gasteiger partial charge in [-0.25, -0.2) is 0 Å². The highest BCUT2D eigenvalue weighted by Gasteiger charge is 2.15. The van der Waals surface area contributed by atoms with E-state index in [1.807, 2.05) is 36.4 Å². The molecule has 7 heteroatoms. The Labute approximate surface area is 148 Å². The topological polar surface area (TPSA) is 85.4 Å². The highest BCUT2D eigenvalue weighted by atomic mass is 19.1. The van der Waals surface area contributed by atoms with E-state index < -0.39 is 16.4 Å². The van der Waals surface area contributed by atoms with Crippen molar-refractivity contribution < 1.29 is 18.5 Å². The van der Waals surface area contributed by atoms with Gasteiger partial charge in [-0.05, 0) is 24.3 Å². The molecular weight excluding hydrogens is 339 g/mol. The molecule has 0 aliphatic carbocycles. The lowest BCUT2D eigenvalue weighted by atomic mass is 10.2. The maximum atomic E-state index is 13.3. The number of aryl methyl sites for hydroxylation is 1. The summed E-state index contributed by atoms with van der Waals surface area (Å²) in [5.41, 5.74) is 0.440. The average molecular weight is 354 g/mol. The van der Waals surface area contributed by atoms with Gasteiger partial charge in [0.2, 0.25) is 11.7 Å². The number of benzene rings is 2. The summed E-state index contributed by atoms with van der Waals surface area (Å²) in [6.45, 7) is 0. The van der Waals surface area contributed by atoms with Crippen molar-refractivity contribution in [3.63, 3.8) is 0 Å². The predicted molar refractivity (Wildman–Crippen MR) is 94.1 cm³/mol. The molecule has 1 heterocycles. The van der Waals surface area contributed by atoms with Crippen LogP contribution >= 0.6 is 0 Å². The smallest absolute Gasteiger partial charge is 0.306 e. The molecule has 1 aromatic heterocycles. The molecule has 0 saturated carbocycles. The van der Waals surface area contributed by atoms with Crippen molar-refractivity contribution >= 4 is 17.3 Å². The van der Waals surface area contributed by atoms with Gasteiger partial charge in [0.15, 0.2) is 0 Å². The van der Waals surface area contributed by atoms with E-state index in [0.29, 0.717) is 12.2 Å². The van der Waals surface area contributed by atoms with Gasteiger partial charge in [-0.1, -0.05) is 30.3 Å². The van der Waals surface area contributed by atoms with Gasteiger partial charge in [0.1, 0.15) is 11.5 Å². The summed E-state index contributed by atoms with van der Waals surface area (Å²) >= 11 is 0. The summed E-state index contributed by atoms with van der Waals surface area (Å²) < 4.78 is 19.0. The van der Waals surface area contributed by atoms with Gasteiger partial charge in [-0.15, -0.1) is 0 Å². The summed E-state index contributed by atoms with van der Waals surface area (Å²) in [6, 6.07) is 16.5. The molecule has 1 amide bonds. The van der Waals surface area contributed by atoms with Crippen LogP contribution in [0, 0.1) is 15.9 Å². The number of nitro benzene ring substituents is 1. The molecule has 3 aromatic rings. The van der Waals surface area contributed by atoms with Gasteiger partial charge < -0.3 is 9.73 Å². The molecule has 0 saturated heterocycles. The molecule has 3 rings (SSSR count). The lowest BCUT2D eigenvalue weighted by molar-refractivity contribution is -0.387. The van der Waals surface area contributed by atoms with Crippen LogP contribution in [-0.2, 0) is 11.2 Å². The zero-order valence-electron chi connectivity index (χ0n) is 13.6. The first-order valence-electron chi connectivity index (χ1n) is 7.91. The van der Waals surface area contributed by atoms with Gasteiger partial charge in [0.05, 0.1) is 4.92 Å². The number of nitrogens with zero attached hydrogens (tertiary/aromatic N) is 1. The summed E-state index contributed by atoms with van der Waals surface area (Å²) in [6.07, 6.45) is 0.509. The molecule has 0 aliphatic rings. The van der Waals surface area contributed by atoms with Crippen molar-refractivity contribution in [2.75, 3.05) is 5.32 Å². The number of carbonyl (C=O) groups is 1. The van der Waals surface area contributed by atoms with E-state index in [1.54, 1.807) is 6.07 Å². The Bertz CT molecular complexity index is 938. The third kappa shape index (κ3) is 4.13. The summed E-state index contributed by atoms with van der Waals surface area (Å²) in [4.78, 5) is 21.9. The number of carbonyl (C=O) groups excluding carboxylic acids is 1. The number of hydrogen-bond acceptors (Lipinski definition) is 4. The molecule has 0 spiro atoms. The van der Waals surface area contributed by atoms with Crippen molar-refractivity contribution in [2.24, 2.45) is 0 Å². The van der Waals surface area contributed by atoms with E-state index in [4.69, 9.17) is 4.42 Å². The van der Waals surface area contributed by atoms with E-state index >= 15 is 0 Å². The van der Waals surface area contributed by atoms with Crippen LogP contribution in [0.15, 0.2) is 65.1 Å². The standard InChI is InChI=1S/C19H15FN2O4/c20-16-9-6-14(12-17(16)22(24)25)21-19(23)11-8-15-7-10-18(26-15)13-4-2-1-3-5-13/h1-7,9-10,12H,8,11H2,(H,21,23). The number of furan rings is 1. The lowest BCUT2D eigenvalue weighted by Crippen LogP contribution is -2.12. The first kappa shape index (κ1) is 17.3. The molecule has 1 N–H and O–H groups in total. The minimum absolute atomic E-state index is 0.132. The summed E-state index contributed by atoms with van der Waals surface area (Å²) in [5, 5.41) is 13.3. The summed E-state index contributed by atoms with van der Waals surface area (Å²) in [7, 11) is 0. The first-order chi connectivity index (χ1) is 12.5. The minimum Gasteiger partial charge on any atom is -0.461 e. The number of nitrogens with one attached hydrogen (secondary N) is 1. The van der Waals surface area contributed by atoms with E-state index in [-0.39, 0.29) is 18.0 Å². The normalized spacial score (nSPS) is 10.5. The highest BCUT2D eigenvalue weighted by molar-refractivity contribution is 5.91. The Balaban J connectivity index is 1.59. The largest absolute Gasteiger partial charge is 0.461 e. The van der Waals surface area contributed by atoms with Gasteiger partial charge in [0, 0.05) is 30.2 Å². The second-order valence-electron chi connectivity index (χ2n) is 5.60. The Morgan fingerprint density at radius 2 is 1.88 bits per heavy atom. The van der Waals surface area contributed by atoms with Crippen molar-refractivity contribution in [2.45, 2.75) is 12.8 Å². The molecule has 0 aliphatic heterocycles. The fourth-order valence-electron chi connectivity index (χ4n) is 2.46. The number of hydrogen-bond donors (Lipinski definition) is 1. The maximum Gasteiger partial charge on any atom is 0.306 e. The zero-order valence-corrected chi connectivity index (χ0v) is 13.6. The van der Waals surface area contributed by atoms with Crippen LogP contribution in [0.3, 0.4) is 0 Å². The molecule has 0 atom stereocenters. The van der Waals surface area contributed by atoms with E-state index in [9.17, 15) is 19.3 Å². The number of halogens is 1. The lowest BCUT2D eigenvalue weighted by Gasteiger charge is -2.05. The molecule has 0 fully saturated rings. The molecule has 132 valence electrons. The molecule has 0 unspecified atom stereocenters. The first-order valence-corrected chi connectivity index (χ1v) is 7.91. The molecule has 0 bridgehead atoms. The van der Waals surface area contributed by atoms with Crippen molar-refractivity contribution in [1.29, 1.82) is 0 Å². The number of amides is 1. The Hall–Kier alpha value is -3.48. The monoisotopic (exact) mass is 354 g/mol. The maximum absolute atomic E-state index is 13.3. The van der Waals surface area contributed by atoms with Crippen LogP contribution in [0.1, 0.15) is 12.2 Å². The van der Waals surface area contributed by atoms with Gasteiger partial charge >= 0.3 is 5.69 Å². The second-order valence-corrected chi connectivity index (χ2v) is 5.60. The minimum atomic E-state index is -0.947. The predicted octanol–water partition coefficient (Wildman–Crippen LogP) is 4.57. The van der Waals surface area contributed by atoms with E-state index in [0.717, 1.165) is 23.5 Å². The van der Waals surface area contributed by atoms with Crippen LogP contribution < -0.4 is 5.32 Å². The van der Waals surface area contributed by atoms with Gasteiger partial charge in [0.25, 0.3) is 0 Å². The molecule has 0 radical (unpaired) electrons. The fraction of sp³-hybridized carbons (Fsp3) is 0.105. The second kappa shape index (κ2) is 7.60. The van der Waals surface area contributed by atoms with Crippen LogP contribution in [0.25, 0.3) is 11.3 Å². The molecule has 2 aromatic carbocycles. The molecular formula is C19H15FN2O4. The Morgan fingerprint density at radius 1 is 1.12 bits per heavy atom. The van der Waals surface area contributed by atoms with Gasteiger partial charge in [-0.3, -0.25) is 14.9 Å². The number of nitro groups is 1. The third-order valence-electron chi connectivity index (χ3n) is 3.75. The van der Waals surface area contributed by atoms with E-state index in [2.05, 4.69) is 5.32 Å². The van der Waals surface area contributed by atoms with E-state index in [1.165, 1.54) is 6.07 Å². The zero-order chi connectivity index (χ0) is 18.5. The van der Waals surface area contributed by atoms with Crippen LogP contribution in [0.5, 0.6) is 0 Å². The number of anilines is 1. The molecule has 26 heavy (non-hydrogen) atoms. The Morgan fingerprint density at radius 3 is 2.62 bits per heavy atom. The quantitative estimate of drug-likeness (QED) is 0.519. The van der Waals surface area contributed by atoms with Crippen LogP contribution in [-0.4, -0.2) is 10.8 Å². The van der Waals surface area contributed by atoms with Crippen LogP contribution in [0.2, 0.25) is 0 Å². The van der Waals surface area contributed by atoms with Crippen molar-refractivity contribution in [1.82, 2.24) is 0 Å². The summed E-state index contributed by atoms with van der Waals surface area (Å²) in [5.74, 6) is 0.0832. The number of rotatable bonds is 6. The average Bonchev–Trinajstić information content (AvgIpc) is 3.11. The molecule has 6 nitrogen and oxygen atoms in total. The highest BCUT2D eigenvalue weighted by Crippen LogP contribution is 2.23. The fourth-order valence-corrected chi connectivity index (χ4v) is 2.46. The SMILES string of the molecule is O=C(CCc1ccc(-c2ccccc2)o1)Nc1ccc(F)c([N+](=O)[O-])c1. The van der Waals surface area contributed by atoms with Crippen molar-refractivity contribution in [3.05, 3.63) is 82.4 Å². The van der Waals surface area contributed by atoms with Gasteiger partial charge in [-0.2, -0.15) is 4.39 Å². The third-order valence-corrected chi connectivity index (χ3v) is 3.75. The van der Waals surface area contributed by atoms with Crippen molar-refractivity contribution in [3.8, 4) is 11.3 Å². The van der Waals surface area contributed by atoms with Crippen LogP contribution in [0.4, 0.5) is 15.8 Å². The Kier molecular flexibility index (Phi) is 5.07.